The number of rotatable bonds is 2. The third kappa shape index (κ3) is 1.54. The van der Waals surface area contributed by atoms with Gasteiger partial charge in [0, 0.05) is 6.20 Å². The van der Waals surface area contributed by atoms with Crippen molar-refractivity contribution in [3.05, 3.63) is 34.9 Å². The zero-order chi connectivity index (χ0) is 11.9. The van der Waals surface area contributed by atoms with Crippen molar-refractivity contribution in [2.45, 2.75) is 13.0 Å². The molecule has 0 aliphatic carbocycles. The van der Waals surface area contributed by atoms with Gasteiger partial charge >= 0.3 is 5.97 Å². The molecule has 16 heavy (non-hydrogen) atoms. The monoisotopic (exact) mass is 239 g/mol. The van der Waals surface area contributed by atoms with Crippen LogP contribution in [0.2, 0.25) is 5.02 Å². The molecule has 1 atom stereocenters. The maximum atomic E-state index is 11.0. The number of hydrogen-bond donors (Lipinski definition) is 2. The van der Waals surface area contributed by atoms with Gasteiger partial charge in [0.05, 0.1) is 16.6 Å². The van der Waals surface area contributed by atoms with Crippen molar-refractivity contribution >= 4 is 23.1 Å². The third-order valence-corrected chi connectivity index (χ3v) is 2.56. The summed E-state index contributed by atoms with van der Waals surface area (Å²) < 4.78 is 1.61. The fourth-order valence-electron chi connectivity index (χ4n) is 1.59. The number of imidazole rings is 1. The van der Waals surface area contributed by atoms with Crippen LogP contribution < -0.4 is 5.73 Å². The van der Waals surface area contributed by atoms with Crippen molar-refractivity contribution in [2.24, 2.45) is 5.73 Å². The molecule has 0 bridgehead atoms. The second-order valence-electron chi connectivity index (χ2n) is 3.49. The van der Waals surface area contributed by atoms with Gasteiger partial charge in [-0.05, 0) is 19.1 Å². The van der Waals surface area contributed by atoms with Crippen LogP contribution in [0.4, 0.5) is 0 Å². The van der Waals surface area contributed by atoms with Crippen LogP contribution in [0, 0.1) is 0 Å². The zero-order valence-corrected chi connectivity index (χ0v) is 9.27. The summed E-state index contributed by atoms with van der Waals surface area (Å²) >= 11 is 5.96. The summed E-state index contributed by atoms with van der Waals surface area (Å²) in [5.41, 5.74) is 6.03. The maximum Gasteiger partial charge on any atom is 0.356 e. The van der Waals surface area contributed by atoms with Gasteiger partial charge in [0.15, 0.2) is 5.69 Å². The van der Waals surface area contributed by atoms with Crippen molar-refractivity contribution in [2.75, 3.05) is 0 Å². The number of carbonyl (C=O) groups is 1. The lowest BCUT2D eigenvalue weighted by molar-refractivity contribution is 0.0693. The number of aromatic nitrogens is 2. The minimum atomic E-state index is -1.11. The number of nitrogens with two attached hydrogens (primary N) is 1. The molecule has 0 saturated carbocycles. The number of carboxylic acids is 1. The molecule has 3 N–H and O–H groups in total. The summed E-state index contributed by atoms with van der Waals surface area (Å²) in [7, 11) is 0. The third-order valence-electron chi connectivity index (χ3n) is 2.25. The molecule has 0 radical (unpaired) electrons. The van der Waals surface area contributed by atoms with Crippen LogP contribution in [-0.2, 0) is 0 Å². The fraction of sp³-hybridized carbons (Fsp3) is 0.200. The van der Waals surface area contributed by atoms with E-state index in [1.165, 1.54) is 0 Å². The van der Waals surface area contributed by atoms with E-state index in [0.717, 1.165) is 0 Å². The Hall–Kier alpha value is -1.59. The van der Waals surface area contributed by atoms with Gasteiger partial charge in [-0.1, -0.05) is 11.6 Å². The molecule has 0 amide bonds. The lowest BCUT2D eigenvalue weighted by Crippen LogP contribution is -2.09. The van der Waals surface area contributed by atoms with E-state index in [1.807, 2.05) is 0 Å². The minimum absolute atomic E-state index is 0.0714. The Kier molecular flexibility index (Phi) is 2.57. The summed E-state index contributed by atoms with van der Waals surface area (Å²) in [4.78, 5) is 15.0. The van der Waals surface area contributed by atoms with Gasteiger partial charge in [-0.2, -0.15) is 0 Å². The van der Waals surface area contributed by atoms with Crippen LogP contribution in [0.25, 0.3) is 5.52 Å². The topological polar surface area (TPSA) is 80.6 Å². The molecule has 84 valence electrons. The standard InChI is InChI=1S/C10H10ClN3O2/c1-5(12)9-13-7(10(15)16)8-6(11)3-2-4-14(8)9/h2-5H,12H2,1H3,(H,15,16). The van der Waals surface area contributed by atoms with E-state index in [1.54, 1.807) is 29.7 Å². The van der Waals surface area contributed by atoms with Crippen molar-refractivity contribution in [1.29, 1.82) is 0 Å². The molecule has 0 spiro atoms. The first-order valence-electron chi connectivity index (χ1n) is 4.67. The molecule has 1 unspecified atom stereocenters. The molecular formula is C10H10ClN3O2. The molecule has 2 aromatic rings. The molecule has 2 rings (SSSR count). The van der Waals surface area contributed by atoms with Gasteiger partial charge in [0.1, 0.15) is 5.82 Å². The number of nitrogens with zero attached hydrogens (tertiary/aromatic N) is 2. The highest BCUT2D eigenvalue weighted by molar-refractivity contribution is 6.34. The predicted octanol–water partition coefficient (Wildman–Crippen LogP) is 1.71. The summed E-state index contributed by atoms with van der Waals surface area (Å²) in [6.45, 7) is 1.74. The zero-order valence-electron chi connectivity index (χ0n) is 8.51. The van der Waals surface area contributed by atoms with Crippen LogP contribution in [0.15, 0.2) is 18.3 Å². The number of halogens is 1. The second-order valence-corrected chi connectivity index (χ2v) is 3.89. The summed E-state index contributed by atoms with van der Waals surface area (Å²) in [6, 6.07) is 2.98. The van der Waals surface area contributed by atoms with Crippen LogP contribution >= 0.6 is 11.6 Å². The Balaban J connectivity index is 2.87. The van der Waals surface area contributed by atoms with E-state index >= 15 is 0 Å². The number of aromatic carboxylic acids is 1. The summed E-state index contributed by atoms with van der Waals surface area (Å²) in [6.07, 6.45) is 1.69. The average Bonchev–Trinajstić information content (AvgIpc) is 2.58. The van der Waals surface area contributed by atoms with Crippen LogP contribution in [0.3, 0.4) is 0 Å². The quantitative estimate of drug-likeness (QED) is 0.836. The van der Waals surface area contributed by atoms with Crippen LogP contribution in [0.1, 0.15) is 29.3 Å². The van der Waals surface area contributed by atoms with Crippen molar-refractivity contribution in [3.8, 4) is 0 Å². The molecule has 6 heteroatoms. The smallest absolute Gasteiger partial charge is 0.356 e. The van der Waals surface area contributed by atoms with Crippen LogP contribution in [0.5, 0.6) is 0 Å². The first kappa shape index (κ1) is 10.9. The second kappa shape index (κ2) is 3.77. The van der Waals surface area contributed by atoms with Gasteiger partial charge in [0.25, 0.3) is 0 Å². The van der Waals surface area contributed by atoms with E-state index in [-0.39, 0.29) is 11.7 Å². The highest BCUT2D eigenvalue weighted by Crippen LogP contribution is 2.24. The number of hydrogen-bond acceptors (Lipinski definition) is 3. The Labute approximate surface area is 96.5 Å². The van der Waals surface area contributed by atoms with Crippen molar-refractivity contribution in [3.63, 3.8) is 0 Å². The van der Waals surface area contributed by atoms with E-state index in [0.29, 0.717) is 16.4 Å². The lowest BCUT2D eigenvalue weighted by Gasteiger charge is -2.03. The molecule has 2 aromatic heterocycles. The number of fused-ring (bicyclic) bond motifs is 1. The summed E-state index contributed by atoms with van der Waals surface area (Å²) in [5, 5.41) is 9.37. The normalized spacial score (nSPS) is 12.9. The molecule has 0 aliphatic heterocycles. The molecule has 2 heterocycles. The first-order chi connectivity index (χ1) is 7.52. The molecule has 0 fully saturated rings. The van der Waals surface area contributed by atoms with Gasteiger partial charge in [0.2, 0.25) is 0 Å². The Bertz CT molecular complexity index is 562. The van der Waals surface area contributed by atoms with Gasteiger partial charge in [-0.15, -0.1) is 0 Å². The Morgan fingerprint density at radius 3 is 2.94 bits per heavy atom. The fourth-order valence-corrected chi connectivity index (χ4v) is 1.85. The SMILES string of the molecule is CC(N)c1nc(C(=O)O)c2c(Cl)cccn12. The average molecular weight is 240 g/mol. The van der Waals surface area contributed by atoms with E-state index < -0.39 is 5.97 Å². The van der Waals surface area contributed by atoms with Gasteiger partial charge in [-0.25, -0.2) is 9.78 Å². The minimum Gasteiger partial charge on any atom is -0.476 e. The summed E-state index contributed by atoms with van der Waals surface area (Å²) in [5.74, 6) is -0.632. The van der Waals surface area contributed by atoms with Crippen molar-refractivity contribution < 1.29 is 9.90 Å². The molecule has 5 nitrogen and oxygen atoms in total. The molecule has 0 aliphatic rings. The maximum absolute atomic E-state index is 11.0. The van der Waals surface area contributed by atoms with Gasteiger partial charge < -0.3 is 15.2 Å². The van der Waals surface area contributed by atoms with E-state index in [9.17, 15) is 4.79 Å². The molecule has 0 saturated heterocycles. The molecule has 0 aromatic carbocycles. The van der Waals surface area contributed by atoms with E-state index in [4.69, 9.17) is 22.4 Å². The number of carboxylic acid groups (broad SMARTS) is 1. The van der Waals surface area contributed by atoms with Crippen molar-refractivity contribution in [1.82, 2.24) is 9.38 Å². The predicted molar refractivity (Wildman–Crippen MR) is 59.8 cm³/mol. The highest BCUT2D eigenvalue weighted by atomic mass is 35.5. The number of pyridine rings is 1. The lowest BCUT2D eigenvalue weighted by atomic mass is 10.3. The molecular weight excluding hydrogens is 230 g/mol. The Morgan fingerprint density at radius 1 is 1.69 bits per heavy atom. The first-order valence-corrected chi connectivity index (χ1v) is 5.05. The van der Waals surface area contributed by atoms with Crippen LogP contribution in [-0.4, -0.2) is 20.5 Å². The van der Waals surface area contributed by atoms with E-state index in [2.05, 4.69) is 4.98 Å². The van der Waals surface area contributed by atoms with Gasteiger partial charge in [-0.3, -0.25) is 0 Å². The highest BCUT2D eigenvalue weighted by Gasteiger charge is 2.20. The Morgan fingerprint density at radius 2 is 2.38 bits per heavy atom. The largest absolute Gasteiger partial charge is 0.476 e.